The minimum Gasteiger partial charge on any atom is -0.476 e. The van der Waals surface area contributed by atoms with Crippen molar-refractivity contribution >= 4 is 21.7 Å². The van der Waals surface area contributed by atoms with Gasteiger partial charge in [-0.05, 0) is 18.2 Å². The Labute approximate surface area is 97.0 Å². The second-order valence-corrected chi connectivity index (χ2v) is 5.29. The normalized spacial score (nSPS) is 15.8. The van der Waals surface area contributed by atoms with Crippen molar-refractivity contribution in [3.8, 4) is 5.75 Å². The summed E-state index contributed by atoms with van der Waals surface area (Å²) in [6, 6.07) is 4.00. The van der Waals surface area contributed by atoms with Gasteiger partial charge in [0.1, 0.15) is 10.6 Å². The number of hydrogen-bond donors (Lipinski definition) is 2. The number of carbonyl (C=O) groups is 1. The van der Waals surface area contributed by atoms with E-state index in [1.54, 1.807) is 0 Å². The van der Waals surface area contributed by atoms with E-state index in [-0.39, 0.29) is 22.2 Å². The van der Waals surface area contributed by atoms with Crippen molar-refractivity contribution in [2.45, 2.75) is 4.90 Å². The number of aliphatic imine (C=N–C) groups is 1. The number of nitrogens with two attached hydrogens (primary N) is 2. The Morgan fingerprint density at radius 2 is 2.06 bits per heavy atom. The molecule has 1 amide bonds. The van der Waals surface area contributed by atoms with Crippen LogP contribution in [0.1, 0.15) is 10.4 Å². The number of fused-ring (bicyclic) bond motifs is 1. The minimum atomic E-state index is -3.48. The molecule has 0 spiro atoms. The lowest BCUT2D eigenvalue weighted by atomic mass is 10.2. The average molecular weight is 255 g/mol. The van der Waals surface area contributed by atoms with E-state index in [4.69, 9.17) is 16.2 Å². The quantitative estimate of drug-likeness (QED) is 0.501. The molecule has 0 saturated carbocycles. The van der Waals surface area contributed by atoms with Gasteiger partial charge >= 0.3 is 0 Å². The number of rotatable bonds is 1. The number of sulfone groups is 1. The van der Waals surface area contributed by atoms with E-state index >= 15 is 0 Å². The lowest BCUT2D eigenvalue weighted by molar-refractivity contribution is 0.100. The molecule has 1 heterocycles. The van der Waals surface area contributed by atoms with Crippen LogP contribution in [0.5, 0.6) is 5.75 Å². The molecule has 8 heteroatoms. The number of guanidine groups is 1. The fraction of sp³-hybridized carbons (Fsp3) is 0.111. The van der Waals surface area contributed by atoms with E-state index < -0.39 is 21.7 Å². The maximum atomic E-state index is 11.5. The molecule has 0 unspecified atom stereocenters. The number of ether oxygens (including phenoxy) is 1. The molecule has 0 aliphatic carbocycles. The molecular formula is C9H9N3O4S. The third kappa shape index (κ3) is 2.07. The maximum Gasteiger partial charge on any atom is 0.280 e. The monoisotopic (exact) mass is 255 g/mol. The molecule has 17 heavy (non-hydrogen) atoms. The zero-order valence-electron chi connectivity index (χ0n) is 8.58. The Kier molecular flexibility index (Phi) is 2.50. The van der Waals surface area contributed by atoms with E-state index in [1.807, 2.05) is 0 Å². The van der Waals surface area contributed by atoms with Crippen LogP contribution >= 0.6 is 0 Å². The lowest BCUT2D eigenvalue weighted by Crippen LogP contribution is -2.24. The molecule has 1 aliphatic heterocycles. The standard InChI is InChI=1S/C9H9N3O4S/c10-9(11)12-8(13)5-1-2-6-7(3-5)17(14,15)4-16-6/h1-3H,4H2,(H4,10,11,12,13). The fourth-order valence-electron chi connectivity index (χ4n) is 1.39. The van der Waals surface area contributed by atoms with Gasteiger partial charge in [0.15, 0.2) is 11.9 Å². The van der Waals surface area contributed by atoms with Crippen LogP contribution in [0.4, 0.5) is 0 Å². The Hall–Kier alpha value is -2.09. The van der Waals surface area contributed by atoms with Crippen molar-refractivity contribution in [3.63, 3.8) is 0 Å². The smallest absolute Gasteiger partial charge is 0.280 e. The van der Waals surface area contributed by atoms with Crippen LogP contribution in [0.2, 0.25) is 0 Å². The molecule has 90 valence electrons. The molecule has 7 nitrogen and oxygen atoms in total. The predicted octanol–water partition coefficient (Wildman–Crippen LogP) is -0.776. The molecule has 0 fully saturated rings. The van der Waals surface area contributed by atoms with Gasteiger partial charge in [0.25, 0.3) is 5.91 Å². The first-order valence-corrected chi connectivity index (χ1v) is 6.19. The summed E-state index contributed by atoms with van der Waals surface area (Å²) in [5, 5.41) is 0. The SMILES string of the molecule is NC(N)=NC(=O)c1ccc2c(c1)S(=O)(=O)CO2. The van der Waals surface area contributed by atoms with Crippen molar-refractivity contribution in [2.24, 2.45) is 16.5 Å². The van der Waals surface area contributed by atoms with Crippen molar-refractivity contribution in [1.29, 1.82) is 0 Å². The topological polar surface area (TPSA) is 125 Å². The average Bonchev–Trinajstić information content (AvgIpc) is 2.54. The summed E-state index contributed by atoms with van der Waals surface area (Å²) in [6.45, 7) is 0. The first-order chi connectivity index (χ1) is 7.90. The number of hydrogen-bond acceptors (Lipinski definition) is 4. The van der Waals surface area contributed by atoms with Gasteiger partial charge in [-0.25, -0.2) is 8.42 Å². The number of amides is 1. The van der Waals surface area contributed by atoms with Gasteiger partial charge < -0.3 is 16.2 Å². The second-order valence-electron chi connectivity index (χ2n) is 3.38. The highest BCUT2D eigenvalue weighted by Crippen LogP contribution is 2.32. The van der Waals surface area contributed by atoms with Crippen molar-refractivity contribution in [3.05, 3.63) is 23.8 Å². The molecule has 0 bridgehead atoms. The zero-order chi connectivity index (χ0) is 12.6. The van der Waals surface area contributed by atoms with Gasteiger partial charge in [-0.15, -0.1) is 0 Å². The maximum absolute atomic E-state index is 11.5. The summed E-state index contributed by atoms with van der Waals surface area (Å²) in [6.07, 6.45) is 0. The predicted molar refractivity (Wildman–Crippen MR) is 59.3 cm³/mol. The first-order valence-electron chi connectivity index (χ1n) is 4.54. The Morgan fingerprint density at radius 3 is 2.71 bits per heavy atom. The molecule has 1 aliphatic rings. The summed E-state index contributed by atoms with van der Waals surface area (Å²) in [7, 11) is -3.48. The van der Waals surface area contributed by atoms with E-state index in [0.29, 0.717) is 0 Å². The van der Waals surface area contributed by atoms with Gasteiger partial charge in [-0.2, -0.15) is 4.99 Å². The number of carbonyl (C=O) groups excluding carboxylic acids is 1. The lowest BCUT2D eigenvalue weighted by Gasteiger charge is -1.99. The summed E-state index contributed by atoms with van der Waals surface area (Å²) in [5.74, 6) is -1.27. The van der Waals surface area contributed by atoms with Gasteiger partial charge in [0.2, 0.25) is 9.84 Å². The van der Waals surface area contributed by atoms with Crippen LogP contribution in [0.25, 0.3) is 0 Å². The summed E-state index contributed by atoms with van der Waals surface area (Å²) < 4.78 is 28.0. The molecule has 2 rings (SSSR count). The first kappa shape index (κ1) is 11.4. The summed E-state index contributed by atoms with van der Waals surface area (Å²) in [4.78, 5) is 14.8. The molecule has 0 atom stereocenters. The summed E-state index contributed by atoms with van der Waals surface area (Å²) >= 11 is 0. The number of nitrogens with zero attached hydrogens (tertiary/aromatic N) is 1. The Bertz CT molecular complexity index is 617. The molecule has 0 aromatic heterocycles. The van der Waals surface area contributed by atoms with Crippen molar-refractivity contribution < 1.29 is 17.9 Å². The molecule has 4 N–H and O–H groups in total. The third-order valence-electron chi connectivity index (χ3n) is 2.13. The van der Waals surface area contributed by atoms with Gasteiger partial charge in [-0.1, -0.05) is 0 Å². The fourth-order valence-corrected chi connectivity index (χ4v) is 2.54. The third-order valence-corrected chi connectivity index (χ3v) is 3.54. The highest BCUT2D eigenvalue weighted by Gasteiger charge is 2.28. The molecular weight excluding hydrogens is 246 g/mol. The van der Waals surface area contributed by atoms with E-state index in [2.05, 4.69) is 4.99 Å². The van der Waals surface area contributed by atoms with E-state index in [1.165, 1.54) is 18.2 Å². The van der Waals surface area contributed by atoms with Gasteiger partial charge in [0, 0.05) is 5.56 Å². The zero-order valence-corrected chi connectivity index (χ0v) is 9.40. The van der Waals surface area contributed by atoms with Crippen LogP contribution in [0, 0.1) is 0 Å². The van der Waals surface area contributed by atoms with Crippen LogP contribution in [-0.4, -0.2) is 26.2 Å². The van der Waals surface area contributed by atoms with E-state index in [9.17, 15) is 13.2 Å². The van der Waals surface area contributed by atoms with Gasteiger partial charge in [0.05, 0.1) is 0 Å². The Balaban J connectivity index is 2.48. The summed E-state index contributed by atoms with van der Waals surface area (Å²) in [5.41, 5.74) is 10.2. The van der Waals surface area contributed by atoms with E-state index in [0.717, 1.165) is 0 Å². The van der Waals surface area contributed by atoms with Crippen LogP contribution < -0.4 is 16.2 Å². The minimum absolute atomic E-state index is 0.0193. The van der Waals surface area contributed by atoms with Crippen LogP contribution in [0.15, 0.2) is 28.1 Å². The van der Waals surface area contributed by atoms with Crippen LogP contribution in [-0.2, 0) is 9.84 Å². The van der Waals surface area contributed by atoms with Crippen LogP contribution in [0.3, 0.4) is 0 Å². The van der Waals surface area contributed by atoms with Crippen molar-refractivity contribution in [2.75, 3.05) is 5.94 Å². The number of benzene rings is 1. The molecule has 1 aromatic carbocycles. The van der Waals surface area contributed by atoms with Gasteiger partial charge in [-0.3, -0.25) is 4.79 Å². The second kappa shape index (κ2) is 3.74. The molecule has 1 aromatic rings. The largest absolute Gasteiger partial charge is 0.476 e. The molecule has 0 saturated heterocycles. The Morgan fingerprint density at radius 1 is 1.35 bits per heavy atom. The molecule has 0 radical (unpaired) electrons. The van der Waals surface area contributed by atoms with Crippen molar-refractivity contribution in [1.82, 2.24) is 0 Å². The highest BCUT2D eigenvalue weighted by atomic mass is 32.2. The highest BCUT2D eigenvalue weighted by molar-refractivity contribution is 7.91.